The van der Waals surface area contributed by atoms with Crippen LogP contribution in [-0.2, 0) is 42.8 Å². The van der Waals surface area contributed by atoms with Crippen LogP contribution in [0.5, 0.6) is 0 Å². The Morgan fingerprint density at radius 2 is 1.35 bits per heavy atom. The van der Waals surface area contributed by atoms with Crippen molar-refractivity contribution >= 4 is 17.8 Å². The van der Waals surface area contributed by atoms with Gasteiger partial charge in [-0.05, 0) is 6.92 Å². The number of carbonyl (C=O) groups excluding carboxylic acids is 1. The Balaban J connectivity index is 1.89. The summed E-state index contributed by atoms with van der Waals surface area (Å²) in [5.74, 6) is -4.13. The van der Waals surface area contributed by atoms with Gasteiger partial charge in [-0.15, -0.1) is 0 Å². The third kappa shape index (κ3) is 7.93. The average molecular weight is 631 g/mol. The third-order valence-corrected chi connectivity index (χ3v) is 7.13. The lowest BCUT2D eigenvalue weighted by molar-refractivity contribution is -0.362. The quantitative estimate of drug-likeness (QED) is 0.101. The summed E-state index contributed by atoms with van der Waals surface area (Å²) in [5, 5.41) is 92.3. The van der Waals surface area contributed by atoms with Gasteiger partial charge in [0.05, 0.1) is 25.4 Å². The van der Waals surface area contributed by atoms with Crippen LogP contribution in [0.1, 0.15) is 13.8 Å². The topological polar surface area (TPSA) is 327 Å². The number of nitrogens with two attached hydrogens (primary N) is 1. The fraction of sp³-hybridized carbons (Fsp3) is 0.870. The monoisotopic (exact) mass is 630 g/mol. The summed E-state index contributed by atoms with van der Waals surface area (Å²) in [6, 6.07) is -2.36. The first-order valence-electron chi connectivity index (χ1n) is 13.1. The minimum Gasteiger partial charge on any atom is -0.479 e. The molecule has 12 N–H and O–H groups in total. The summed E-state index contributed by atoms with van der Waals surface area (Å²) in [6.07, 6.45) is -25.9. The molecule has 3 fully saturated rings. The van der Waals surface area contributed by atoms with Gasteiger partial charge in [0.15, 0.2) is 31.1 Å². The van der Waals surface area contributed by atoms with Crippen molar-refractivity contribution < 1.29 is 88.8 Å². The van der Waals surface area contributed by atoms with Crippen molar-refractivity contribution in [1.29, 1.82) is 0 Å². The van der Waals surface area contributed by atoms with Crippen molar-refractivity contribution in [3.8, 4) is 0 Å². The molecule has 20 heteroatoms. The Bertz CT molecular complexity index is 975. The molecule has 0 radical (unpaired) electrons. The van der Waals surface area contributed by atoms with E-state index in [0.29, 0.717) is 0 Å². The molecule has 3 rings (SSSR count). The zero-order valence-electron chi connectivity index (χ0n) is 22.9. The first kappa shape index (κ1) is 35.3. The lowest BCUT2D eigenvalue weighted by Crippen LogP contribution is -2.70. The molecule has 43 heavy (non-hydrogen) atoms. The second-order valence-electron chi connectivity index (χ2n) is 10.4. The molecule has 0 aromatic carbocycles. The van der Waals surface area contributed by atoms with Gasteiger partial charge in [0.2, 0.25) is 5.91 Å². The maximum Gasteiger partial charge on any atom is 0.335 e. The normalized spacial score (nSPS) is 44.4. The second-order valence-corrected chi connectivity index (χ2v) is 10.4. The van der Waals surface area contributed by atoms with Crippen molar-refractivity contribution in [1.82, 2.24) is 5.32 Å². The average Bonchev–Trinajstić information content (AvgIpc) is 2.94. The molecular formula is C23H38N2O18. The Morgan fingerprint density at radius 1 is 0.814 bits per heavy atom. The smallest absolute Gasteiger partial charge is 0.335 e. The fourth-order valence-corrected chi connectivity index (χ4v) is 4.80. The van der Waals surface area contributed by atoms with E-state index in [9.17, 15) is 55.2 Å². The van der Waals surface area contributed by atoms with Crippen molar-refractivity contribution in [2.45, 2.75) is 112 Å². The fourth-order valence-electron chi connectivity index (χ4n) is 4.80. The molecular weight excluding hydrogens is 592 g/mol. The van der Waals surface area contributed by atoms with E-state index in [1.807, 2.05) is 0 Å². The molecule has 0 saturated carbocycles. The van der Waals surface area contributed by atoms with Gasteiger partial charge in [0, 0.05) is 6.92 Å². The van der Waals surface area contributed by atoms with E-state index >= 15 is 0 Å². The number of aliphatic hydroxyl groups is 7. The number of hydrogen-bond donors (Lipinski definition) is 11. The lowest BCUT2D eigenvalue weighted by Gasteiger charge is -2.48. The Labute approximate surface area is 243 Å². The molecule has 3 aliphatic heterocycles. The maximum absolute atomic E-state index is 12.0. The minimum atomic E-state index is -2.18. The number of aliphatic hydroxyl groups excluding tert-OH is 7. The van der Waals surface area contributed by atoms with Gasteiger partial charge in [-0.2, -0.15) is 0 Å². The largest absolute Gasteiger partial charge is 0.479 e. The molecule has 3 heterocycles. The van der Waals surface area contributed by atoms with E-state index in [-0.39, 0.29) is 0 Å². The van der Waals surface area contributed by atoms with Crippen LogP contribution in [0.3, 0.4) is 0 Å². The number of nitrogens with one attached hydrogen (secondary N) is 1. The van der Waals surface area contributed by atoms with Crippen LogP contribution in [0.4, 0.5) is 0 Å². The number of carboxylic acid groups (broad SMARTS) is 2. The summed E-state index contributed by atoms with van der Waals surface area (Å²) in [4.78, 5) is 35.4. The van der Waals surface area contributed by atoms with Crippen LogP contribution in [-0.4, -0.2) is 175 Å². The third-order valence-electron chi connectivity index (χ3n) is 7.13. The highest BCUT2D eigenvalue weighted by molar-refractivity contribution is 5.74. The van der Waals surface area contributed by atoms with Crippen molar-refractivity contribution in [3.05, 3.63) is 0 Å². The lowest BCUT2D eigenvalue weighted by atomic mass is 9.94. The zero-order valence-corrected chi connectivity index (χ0v) is 22.9. The zero-order chi connectivity index (χ0) is 32.3. The number of rotatable bonds is 11. The first-order chi connectivity index (χ1) is 20.1. The Morgan fingerprint density at radius 3 is 1.88 bits per heavy atom. The Kier molecular flexibility index (Phi) is 12.1. The number of carboxylic acids is 2. The van der Waals surface area contributed by atoms with Crippen LogP contribution in [0.2, 0.25) is 0 Å². The summed E-state index contributed by atoms with van der Waals surface area (Å²) in [6.45, 7) is 1.53. The molecule has 0 aromatic heterocycles. The molecule has 0 aromatic rings. The van der Waals surface area contributed by atoms with Crippen molar-refractivity contribution in [2.75, 3.05) is 13.2 Å². The van der Waals surface area contributed by atoms with E-state index in [4.69, 9.17) is 39.3 Å². The highest BCUT2D eigenvalue weighted by atomic mass is 16.7. The van der Waals surface area contributed by atoms with Crippen LogP contribution in [0, 0.1) is 0 Å². The number of carbonyl (C=O) groups is 3. The van der Waals surface area contributed by atoms with Gasteiger partial charge in [-0.1, -0.05) is 0 Å². The molecule has 20 nitrogen and oxygen atoms in total. The molecule has 248 valence electrons. The summed E-state index contributed by atoms with van der Waals surface area (Å²) in [5.41, 5.74) is 6.25. The van der Waals surface area contributed by atoms with Gasteiger partial charge in [0.1, 0.15) is 54.9 Å². The summed E-state index contributed by atoms with van der Waals surface area (Å²) < 4.78 is 32.7. The van der Waals surface area contributed by atoms with E-state index in [0.717, 1.165) is 6.92 Å². The minimum absolute atomic E-state index is 0.445. The molecule has 0 bridgehead atoms. The highest BCUT2D eigenvalue weighted by Gasteiger charge is 2.55. The molecule has 16 atom stereocenters. The van der Waals surface area contributed by atoms with Gasteiger partial charge in [0.25, 0.3) is 0 Å². The molecule has 3 aliphatic rings. The summed E-state index contributed by atoms with van der Waals surface area (Å²) in [7, 11) is 0. The standard InChI is InChI=1S/C23H38N2O18/c1-5-8(24)15(9(25-6(2)27)21(39-5)38-4-7(28)3-26)40-23-14(33)16(13(32)18(43-23)20(36)37)41-22-12(31)10(29)11(30)17(42-22)19(34)35/h5,7-18,21-23,26,28-33H,3-4,24H2,1-2H3,(H,25,27)(H,34,35)(H,36,37)/t5-,7-,8+,9-,10+,11-,12-,13-,14-,15+,16+,17+,18+,21+,22-,23+/m1/s1. The van der Waals surface area contributed by atoms with E-state index < -0.39 is 129 Å². The van der Waals surface area contributed by atoms with Crippen LogP contribution in [0.25, 0.3) is 0 Å². The maximum atomic E-state index is 12.0. The Hall–Kier alpha value is -2.15. The molecule has 3 saturated heterocycles. The predicted molar refractivity (Wildman–Crippen MR) is 131 cm³/mol. The van der Waals surface area contributed by atoms with Crippen LogP contribution >= 0.6 is 0 Å². The molecule has 1 amide bonds. The SMILES string of the molecule is CC(=O)N[C@H]1[C@@H](OC[C@H](O)CO)O[C@H](C)[C@H](N)[C@@H]1O[C@H]1O[C@H](C(=O)O)[C@H](O)[C@H](O[C@@H]2O[C@H](C(=O)O)[C@H](O)[C@H](O)[C@H]2O)[C@H]1O. The van der Waals surface area contributed by atoms with E-state index in [1.54, 1.807) is 0 Å². The van der Waals surface area contributed by atoms with Gasteiger partial charge in [-0.3, -0.25) is 4.79 Å². The van der Waals surface area contributed by atoms with Crippen molar-refractivity contribution in [3.63, 3.8) is 0 Å². The molecule has 0 spiro atoms. The van der Waals surface area contributed by atoms with Gasteiger partial charge in [-0.25, -0.2) is 9.59 Å². The molecule has 0 unspecified atom stereocenters. The predicted octanol–water partition coefficient (Wildman–Crippen LogP) is -6.87. The second kappa shape index (κ2) is 14.8. The highest BCUT2D eigenvalue weighted by Crippen LogP contribution is 2.32. The van der Waals surface area contributed by atoms with Gasteiger partial charge >= 0.3 is 11.9 Å². The molecule has 0 aliphatic carbocycles. The number of hydrogen-bond acceptors (Lipinski definition) is 17. The van der Waals surface area contributed by atoms with Crippen LogP contribution < -0.4 is 11.1 Å². The number of aliphatic carboxylic acids is 2. The number of amides is 1. The van der Waals surface area contributed by atoms with E-state index in [1.165, 1.54) is 6.92 Å². The van der Waals surface area contributed by atoms with E-state index in [2.05, 4.69) is 5.32 Å². The number of ether oxygens (including phenoxy) is 6. The summed E-state index contributed by atoms with van der Waals surface area (Å²) >= 11 is 0. The van der Waals surface area contributed by atoms with Crippen LogP contribution in [0.15, 0.2) is 0 Å². The van der Waals surface area contributed by atoms with Crippen molar-refractivity contribution in [2.24, 2.45) is 5.73 Å². The first-order valence-corrected chi connectivity index (χ1v) is 13.1. The van der Waals surface area contributed by atoms with Gasteiger partial charge < -0.3 is 85.4 Å².